The normalized spacial score (nSPS) is 18.6. The summed E-state index contributed by atoms with van der Waals surface area (Å²) in [7, 11) is -0.470. The van der Waals surface area contributed by atoms with Gasteiger partial charge in [0.05, 0.1) is 29.2 Å². The molecule has 0 bridgehead atoms. The molecule has 0 unspecified atom stereocenters. The molecule has 1 N–H and O–H groups in total. The van der Waals surface area contributed by atoms with Crippen molar-refractivity contribution in [1.29, 1.82) is 0 Å². The lowest BCUT2D eigenvalue weighted by atomic mass is 9.78. The third-order valence-electron chi connectivity index (χ3n) is 4.90. The highest BCUT2D eigenvalue weighted by Gasteiger charge is 2.51. The van der Waals surface area contributed by atoms with Crippen molar-refractivity contribution in [2.24, 2.45) is 10.2 Å². The van der Waals surface area contributed by atoms with Crippen molar-refractivity contribution in [2.75, 3.05) is 0 Å². The van der Waals surface area contributed by atoms with Crippen LogP contribution in [0.15, 0.2) is 57.2 Å². The third-order valence-corrected chi connectivity index (χ3v) is 5.43. The number of nitrogens with zero attached hydrogens (tertiary/aromatic N) is 2. The first-order valence-electron chi connectivity index (χ1n) is 8.48. The molecule has 0 saturated carbocycles. The lowest BCUT2D eigenvalue weighted by molar-refractivity contribution is 0.00578. The molecule has 0 aliphatic carbocycles. The first-order chi connectivity index (χ1) is 12.2. The molecule has 1 heterocycles. The number of hydrogen-bond donors (Lipinski definition) is 1. The van der Waals surface area contributed by atoms with Gasteiger partial charge in [0, 0.05) is 10.0 Å². The zero-order valence-electron chi connectivity index (χ0n) is 15.4. The molecule has 0 amide bonds. The van der Waals surface area contributed by atoms with Crippen LogP contribution in [0.3, 0.4) is 0 Å². The highest BCUT2D eigenvalue weighted by Crippen LogP contribution is 2.36. The van der Waals surface area contributed by atoms with Gasteiger partial charge in [-0.25, -0.2) is 0 Å². The molecule has 0 atom stereocenters. The number of aliphatic hydroxyl groups is 1. The largest absolute Gasteiger partial charge is 0.494 e. The summed E-state index contributed by atoms with van der Waals surface area (Å²) in [5.41, 5.74) is 2.09. The average Bonchev–Trinajstić information content (AvgIpc) is 2.82. The Labute approximate surface area is 162 Å². The van der Waals surface area contributed by atoms with Crippen molar-refractivity contribution in [3.8, 4) is 0 Å². The van der Waals surface area contributed by atoms with E-state index in [2.05, 4.69) is 26.2 Å². The van der Waals surface area contributed by atoms with Crippen molar-refractivity contribution in [2.45, 2.75) is 45.5 Å². The van der Waals surface area contributed by atoms with Gasteiger partial charge >= 0.3 is 7.12 Å². The summed E-state index contributed by atoms with van der Waals surface area (Å²) in [5.74, 6) is 0. The summed E-state index contributed by atoms with van der Waals surface area (Å²) in [5, 5.41) is 18.2. The summed E-state index contributed by atoms with van der Waals surface area (Å²) >= 11 is 3.39. The van der Waals surface area contributed by atoms with E-state index in [4.69, 9.17) is 9.31 Å². The van der Waals surface area contributed by atoms with Crippen LogP contribution < -0.4 is 5.46 Å². The maximum Gasteiger partial charge on any atom is 0.494 e. The predicted molar refractivity (Wildman–Crippen MR) is 106 cm³/mol. The van der Waals surface area contributed by atoms with E-state index in [0.717, 1.165) is 15.6 Å². The fraction of sp³-hybridized carbons (Fsp3) is 0.368. The molecule has 1 aliphatic rings. The van der Waals surface area contributed by atoms with Crippen LogP contribution in [0.2, 0.25) is 0 Å². The van der Waals surface area contributed by atoms with E-state index in [9.17, 15) is 5.11 Å². The number of azo groups is 1. The lowest BCUT2D eigenvalue weighted by Crippen LogP contribution is -2.41. The van der Waals surface area contributed by atoms with Crippen LogP contribution in [-0.2, 0) is 15.9 Å². The Hall–Kier alpha value is -1.54. The van der Waals surface area contributed by atoms with Gasteiger partial charge in [-0.3, -0.25) is 0 Å². The van der Waals surface area contributed by atoms with E-state index < -0.39 is 18.3 Å². The molecular formula is C19H22BBrN2O3. The standard InChI is InChI=1S/C19H22BBrN2O3/c1-18(2)19(3,4)26-20(25-18)14-5-10-17(13(11-14)12-24)23-22-16-8-6-15(21)7-9-16/h5-11,24H,12H2,1-4H3. The smallest absolute Gasteiger partial charge is 0.399 e. The second-order valence-electron chi connectivity index (χ2n) is 7.31. The Kier molecular flexibility index (Phi) is 5.35. The first kappa shape index (κ1) is 19.2. The van der Waals surface area contributed by atoms with Crippen molar-refractivity contribution in [3.63, 3.8) is 0 Å². The van der Waals surface area contributed by atoms with Gasteiger partial charge in [-0.1, -0.05) is 28.1 Å². The Morgan fingerprint density at radius 3 is 2.15 bits per heavy atom. The molecule has 0 radical (unpaired) electrons. The van der Waals surface area contributed by atoms with Gasteiger partial charge in [-0.2, -0.15) is 10.2 Å². The topological polar surface area (TPSA) is 63.4 Å². The molecule has 1 aliphatic heterocycles. The summed E-state index contributed by atoms with van der Waals surface area (Å²) in [6, 6.07) is 13.1. The van der Waals surface area contributed by atoms with Crippen LogP contribution in [0.25, 0.3) is 0 Å². The fourth-order valence-corrected chi connectivity index (χ4v) is 2.84. The molecule has 0 aromatic heterocycles. The first-order valence-corrected chi connectivity index (χ1v) is 9.28. The zero-order chi connectivity index (χ0) is 18.9. The van der Waals surface area contributed by atoms with Crippen LogP contribution >= 0.6 is 15.9 Å². The summed E-state index contributed by atoms with van der Waals surface area (Å²) < 4.78 is 13.1. The van der Waals surface area contributed by atoms with Crippen LogP contribution in [0, 0.1) is 0 Å². The quantitative estimate of drug-likeness (QED) is 0.582. The van der Waals surface area contributed by atoms with E-state index in [0.29, 0.717) is 11.3 Å². The summed E-state index contributed by atoms with van der Waals surface area (Å²) in [6.45, 7) is 7.92. The summed E-state index contributed by atoms with van der Waals surface area (Å²) in [4.78, 5) is 0. The van der Waals surface area contributed by atoms with E-state index in [1.54, 1.807) is 0 Å². The molecule has 0 spiro atoms. The van der Waals surface area contributed by atoms with Crippen molar-refractivity contribution < 1.29 is 14.4 Å². The van der Waals surface area contributed by atoms with Crippen LogP contribution in [-0.4, -0.2) is 23.4 Å². The monoisotopic (exact) mass is 416 g/mol. The van der Waals surface area contributed by atoms with Gasteiger partial charge in [0.25, 0.3) is 0 Å². The van der Waals surface area contributed by atoms with Gasteiger partial charge in [0.2, 0.25) is 0 Å². The Balaban J connectivity index is 1.83. The van der Waals surface area contributed by atoms with Crippen molar-refractivity contribution in [3.05, 3.63) is 52.5 Å². The molecule has 26 heavy (non-hydrogen) atoms. The number of aliphatic hydroxyl groups excluding tert-OH is 1. The number of rotatable bonds is 4. The van der Waals surface area contributed by atoms with E-state index in [-0.39, 0.29) is 6.61 Å². The summed E-state index contributed by atoms with van der Waals surface area (Å²) in [6.07, 6.45) is 0. The van der Waals surface area contributed by atoms with Gasteiger partial charge in [-0.15, -0.1) is 0 Å². The minimum atomic E-state index is -0.470. The maximum absolute atomic E-state index is 9.74. The molecule has 1 fully saturated rings. The fourth-order valence-electron chi connectivity index (χ4n) is 2.57. The van der Waals surface area contributed by atoms with Gasteiger partial charge in [0.1, 0.15) is 0 Å². The van der Waals surface area contributed by atoms with E-state index in [1.165, 1.54) is 0 Å². The number of hydrogen-bond acceptors (Lipinski definition) is 5. The van der Waals surface area contributed by atoms with Gasteiger partial charge in [-0.05, 0) is 63.5 Å². The average molecular weight is 417 g/mol. The Morgan fingerprint density at radius 2 is 1.58 bits per heavy atom. The molecule has 5 nitrogen and oxygen atoms in total. The SMILES string of the molecule is CC1(C)OB(c2ccc(N=Nc3ccc(Br)cc3)c(CO)c2)OC1(C)C. The highest BCUT2D eigenvalue weighted by atomic mass is 79.9. The van der Waals surface area contributed by atoms with E-state index in [1.807, 2.05) is 70.2 Å². The second kappa shape index (κ2) is 7.23. The molecule has 7 heteroatoms. The van der Waals surface area contributed by atoms with Gasteiger partial charge < -0.3 is 14.4 Å². The predicted octanol–water partition coefficient (Wildman–Crippen LogP) is 4.66. The second-order valence-corrected chi connectivity index (χ2v) is 8.23. The van der Waals surface area contributed by atoms with Gasteiger partial charge in [0.15, 0.2) is 0 Å². The molecule has 2 aromatic rings. The maximum atomic E-state index is 9.74. The van der Waals surface area contributed by atoms with Crippen molar-refractivity contribution >= 4 is 39.9 Å². The minimum Gasteiger partial charge on any atom is -0.399 e. The molecule has 2 aromatic carbocycles. The Bertz CT molecular complexity index is 806. The van der Waals surface area contributed by atoms with Crippen LogP contribution in [0.1, 0.15) is 33.3 Å². The van der Waals surface area contributed by atoms with Crippen LogP contribution in [0.4, 0.5) is 11.4 Å². The van der Waals surface area contributed by atoms with Crippen LogP contribution in [0.5, 0.6) is 0 Å². The number of benzene rings is 2. The molecule has 3 rings (SSSR count). The molecule has 136 valence electrons. The highest BCUT2D eigenvalue weighted by molar-refractivity contribution is 9.10. The lowest BCUT2D eigenvalue weighted by Gasteiger charge is -2.32. The zero-order valence-corrected chi connectivity index (χ0v) is 16.9. The molecule has 1 saturated heterocycles. The van der Waals surface area contributed by atoms with Crippen molar-refractivity contribution in [1.82, 2.24) is 0 Å². The number of halogens is 1. The van der Waals surface area contributed by atoms with E-state index >= 15 is 0 Å². The minimum absolute atomic E-state index is 0.137. The third kappa shape index (κ3) is 3.91. The molecular weight excluding hydrogens is 395 g/mol. The Morgan fingerprint density at radius 1 is 0.962 bits per heavy atom.